The summed E-state index contributed by atoms with van der Waals surface area (Å²) in [5.41, 5.74) is 1.40. The third-order valence-electron chi connectivity index (χ3n) is 7.67. The minimum absolute atomic E-state index is 0.0175. The maximum Gasteiger partial charge on any atom is 0.517 e. The normalized spacial score (nSPS) is 25.3. The van der Waals surface area contributed by atoms with Crippen LogP contribution in [0.4, 0.5) is 11.6 Å². The van der Waals surface area contributed by atoms with Crippen LogP contribution in [0.3, 0.4) is 0 Å². The predicted molar refractivity (Wildman–Crippen MR) is 122 cm³/mol. The van der Waals surface area contributed by atoms with Gasteiger partial charge in [0.1, 0.15) is 11.4 Å². The summed E-state index contributed by atoms with van der Waals surface area (Å²) in [5.74, 6) is 2.32. The average molecular weight is 389 g/mol. The second-order valence-corrected chi connectivity index (χ2v) is 8.94. The molecule has 2 atom stereocenters. The molecule has 4 rings (SSSR count). The van der Waals surface area contributed by atoms with E-state index in [0.717, 1.165) is 25.1 Å². The fourth-order valence-corrected chi connectivity index (χ4v) is 5.35. The monoisotopic (exact) mass is 389 g/mol. The molecule has 0 aromatic carbocycles. The maximum absolute atomic E-state index is 4.79. The molecule has 4 heterocycles. The second kappa shape index (κ2) is 7.51. The molecule has 2 aromatic rings. The van der Waals surface area contributed by atoms with Gasteiger partial charge in [0.25, 0.3) is 5.82 Å². The Hall–Kier alpha value is -2.30. The van der Waals surface area contributed by atoms with Gasteiger partial charge < -0.3 is 4.81 Å². The van der Waals surface area contributed by atoms with E-state index in [1.54, 1.807) is 0 Å². The van der Waals surface area contributed by atoms with Gasteiger partial charge in [-0.15, -0.1) is 0 Å². The van der Waals surface area contributed by atoms with Crippen molar-refractivity contribution in [3.8, 4) is 0 Å². The molecule has 152 valence electrons. The van der Waals surface area contributed by atoms with Crippen molar-refractivity contribution in [1.29, 1.82) is 0 Å². The Morgan fingerprint density at radius 2 is 1.83 bits per heavy atom. The van der Waals surface area contributed by atoms with Crippen LogP contribution in [0.2, 0.25) is 5.31 Å². The number of hydrogen-bond donors (Lipinski definition) is 0. The molecule has 0 saturated heterocycles. The summed E-state index contributed by atoms with van der Waals surface area (Å²) in [7, 11) is 0. The minimum Gasteiger partial charge on any atom is -0.331 e. The Kier molecular flexibility index (Phi) is 5.18. The zero-order valence-electron chi connectivity index (χ0n) is 18.6. The molecule has 0 spiro atoms. The Labute approximate surface area is 176 Å². The van der Waals surface area contributed by atoms with Crippen LogP contribution >= 0.6 is 0 Å². The van der Waals surface area contributed by atoms with Crippen molar-refractivity contribution >= 4 is 18.6 Å². The highest BCUT2D eigenvalue weighted by molar-refractivity contribution is 6.72. The van der Waals surface area contributed by atoms with E-state index in [1.807, 2.05) is 6.20 Å². The highest BCUT2D eigenvalue weighted by atomic mass is 15.4. The van der Waals surface area contributed by atoms with Crippen molar-refractivity contribution in [3.63, 3.8) is 0 Å². The molecule has 0 radical (unpaired) electrons. The fraction of sp³-hybridized carbons (Fsp3) is 0.500. The molecular formula is C24H34BN4+. The summed E-state index contributed by atoms with van der Waals surface area (Å²) in [5, 5.41) is 0.0470. The number of aryl methyl sites for hydroxylation is 1. The van der Waals surface area contributed by atoms with E-state index in [2.05, 4.69) is 97.7 Å². The number of hydrogen-bond acceptors (Lipinski definition) is 3. The van der Waals surface area contributed by atoms with Crippen molar-refractivity contribution in [3.05, 3.63) is 60.7 Å². The van der Waals surface area contributed by atoms with E-state index >= 15 is 0 Å². The minimum atomic E-state index is 0.0175. The SMILES string of the molecule is CCCCc1ccnc(N2C=CN3B2C(C)(CC)C(C)(CC)[n+]2ccccc23)c1. The first-order valence-electron chi connectivity index (χ1n) is 11.2. The molecule has 29 heavy (non-hydrogen) atoms. The van der Waals surface area contributed by atoms with Crippen LogP contribution in [0.5, 0.6) is 0 Å². The second-order valence-electron chi connectivity index (χ2n) is 8.94. The Morgan fingerprint density at radius 3 is 2.55 bits per heavy atom. The van der Waals surface area contributed by atoms with Gasteiger partial charge in [0.15, 0.2) is 0 Å². The van der Waals surface area contributed by atoms with E-state index in [0.29, 0.717) is 0 Å². The topological polar surface area (TPSA) is 23.3 Å². The van der Waals surface area contributed by atoms with Gasteiger partial charge >= 0.3 is 6.98 Å². The van der Waals surface area contributed by atoms with Crippen molar-refractivity contribution < 1.29 is 4.57 Å². The molecule has 2 unspecified atom stereocenters. The molecular weight excluding hydrogens is 355 g/mol. The molecule has 0 bridgehead atoms. The molecule has 0 saturated carbocycles. The summed E-state index contributed by atoms with van der Waals surface area (Å²) in [6.07, 6.45) is 14.4. The van der Waals surface area contributed by atoms with Gasteiger partial charge in [0.2, 0.25) is 0 Å². The third-order valence-corrected chi connectivity index (χ3v) is 7.67. The Morgan fingerprint density at radius 1 is 1.03 bits per heavy atom. The van der Waals surface area contributed by atoms with Gasteiger partial charge in [-0.05, 0) is 56.4 Å². The quantitative estimate of drug-likeness (QED) is 0.494. The third kappa shape index (κ3) is 2.89. The maximum atomic E-state index is 4.79. The number of anilines is 2. The van der Waals surface area contributed by atoms with Crippen LogP contribution in [0.25, 0.3) is 0 Å². The van der Waals surface area contributed by atoms with Gasteiger partial charge in [0, 0.05) is 18.5 Å². The van der Waals surface area contributed by atoms with Crippen LogP contribution in [0, 0.1) is 0 Å². The lowest BCUT2D eigenvalue weighted by atomic mass is 9.39. The first-order chi connectivity index (χ1) is 14.0. The number of fused-ring (bicyclic) bond motifs is 3. The molecule has 2 aliphatic rings. The number of nitrogens with zero attached hydrogens (tertiary/aromatic N) is 4. The standard InChI is InChI=1S/C24H34BN4/c1-6-9-12-20-14-15-26-21(19-20)28-17-18-29-22-13-10-11-16-27(22)24(5,8-3)23(4,7-2)25(28)29/h10-11,13-19H,6-9,12H2,1-5H3/q+1. The van der Waals surface area contributed by atoms with Crippen LogP contribution < -0.4 is 14.2 Å². The molecule has 2 aromatic heterocycles. The number of pyridine rings is 2. The van der Waals surface area contributed by atoms with Crippen molar-refractivity contribution in [2.75, 3.05) is 9.62 Å². The number of aromatic nitrogens is 2. The molecule has 2 aliphatic heterocycles. The Balaban J connectivity index is 1.82. The molecule has 0 amide bonds. The van der Waals surface area contributed by atoms with Crippen LogP contribution in [-0.4, -0.2) is 12.0 Å². The molecule has 0 fully saturated rings. The summed E-state index contributed by atoms with van der Waals surface area (Å²) < 4.78 is 2.49. The summed E-state index contributed by atoms with van der Waals surface area (Å²) >= 11 is 0. The van der Waals surface area contributed by atoms with Crippen LogP contribution in [-0.2, 0) is 12.0 Å². The summed E-state index contributed by atoms with van der Waals surface area (Å²) in [6.45, 7) is 12.0. The predicted octanol–water partition coefficient (Wildman–Crippen LogP) is 5.31. The van der Waals surface area contributed by atoms with Gasteiger partial charge in [-0.1, -0.05) is 40.2 Å². The van der Waals surface area contributed by atoms with Crippen LogP contribution in [0.15, 0.2) is 55.1 Å². The Bertz CT molecular complexity index is 913. The lowest BCUT2D eigenvalue weighted by molar-refractivity contribution is -0.758. The van der Waals surface area contributed by atoms with Gasteiger partial charge in [-0.25, -0.2) is 9.55 Å². The largest absolute Gasteiger partial charge is 0.517 e. The van der Waals surface area contributed by atoms with Gasteiger partial charge in [-0.2, -0.15) is 0 Å². The van der Waals surface area contributed by atoms with E-state index in [1.165, 1.54) is 24.2 Å². The van der Waals surface area contributed by atoms with E-state index in [4.69, 9.17) is 4.98 Å². The lowest BCUT2D eigenvalue weighted by Gasteiger charge is -2.51. The molecule has 0 N–H and O–H groups in total. The number of unbranched alkanes of at least 4 members (excludes halogenated alkanes) is 1. The van der Waals surface area contributed by atoms with Crippen molar-refractivity contribution in [1.82, 2.24) is 4.98 Å². The first-order valence-corrected chi connectivity index (χ1v) is 11.2. The van der Waals surface area contributed by atoms with Crippen LogP contribution in [0.1, 0.15) is 65.9 Å². The molecule has 4 nitrogen and oxygen atoms in total. The number of rotatable bonds is 6. The van der Waals surface area contributed by atoms with E-state index in [-0.39, 0.29) is 17.8 Å². The highest BCUT2D eigenvalue weighted by Crippen LogP contribution is 2.55. The summed E-state index contributed by atoms with van der Waals surface area (Å²) in [6, 6.07) is 11.0. The molecule has 0 aliphatic carbocycles. The average Bonchev–Trinajstić information content (AvgIpc) is 3.22. The zero-order valence-corrected chi connectivity index (χ0v) is 18.6. The summed E-state index contributed by atoms with van der Waals surface area (Å²) in [4.78, 5) is 9.64. The van der Waals surface area contributed by atoms with Crippen molar-refractivity contribution in [2.45, 2.75) is 77.6 Å². The van der Waals surface area contributed by atoms with Gasteiger partial charge in [0.05, 0.1) is 17.7 Å². The lowest BCUT2D eigenvalue weighted by Crippen LogP contribution is -2.74. The highest BCUT2D eigenvalue weighted by Gasteiger charge is 2.68. The van der Waals surface area contributed by atoms with Crippen molar-refractivity contribution in [2.24, 2.45) is 0 Å². The smallest absolute Gasteiger partial charge is 0.331 e. The van der Waals surface area contributed by atoms with E-state index in [9.17, 15) is 0 Å². The zero-order chi connectivity index (χ0) is 20.6. The van der Waals surface area contributed by atoms with Gasteiger partial charge in [-0.3, -0.25) is 4.81 Å². The fourth-order valence-electron chi connectivity index (χ4n) is 5.35. The molecule has 5 heteroatoms. The van der Waals surface area contributed by atoms with E-state index < -0.39 is 0 Å². The first kappa shape index (κ1) is 20.0.